The highest BCUT2D eigenvalue weighted by atomic mass is 19.1. The fourth-order valence-corrected chi connectivity index (χ4v) is 4.27. The average molecular weight is 358 g/mol. The van der Waals surface area contributed by atoms with Crippen LogP contribution in [0.15, 0.2) is 42.5 Å². The lowest BCUT2D eigenvalue weighted by atomic mass is 9.84. The van der Waals surface area contributed by atoms with Crippen LogP contribution in [0.25, 0.3) is 0 Å². The summed E-state index contributed by atoms with van der Waals surface area (Å²) < 4.78 is 33.6. The third-order valence-corrected chi connectivity index (χ3v) is 5.53. The Labute approximate surface area is 152 Å². The molecule has 2 aromatic rings. The van der Waals surface area contributed by atoms with E-state index in [0.717, 1.165) is 50.4 Å². The molecule has 0 bridgehead atoms. The Morgan fingerprint density at radius 1 is 1.08 bits per heavy atom. The molecule has 2 aromatic carbocycles. The van der Waals surface area contributed by atoms with Crippen molar-refractivity contribution in [3.63, 3.8) is 0 Å². The van der Waals surface area contributed by atoms with Crippen molar-refractivity contribution in [1.29, 1.82) is 0 Å². The van der Waals surface area contributed by atoms with E-state index < -0.39 is 11.6 Å². The van der Waals surface area contributed by atoms with Crippen LogP contribution in [0.5, 0.6) is 5.75 Å². The van der Waals surface area contributed by atoms with Crippen molar-refractivity contribution in [2.75, 3.05) is 13.1 Å². The second kappa shape index (κ2) is 7.33. The second-order valence-electron chi connectivity index (χ2n) is 7.32. The molecule has 1 aliphatic heterocycles. The van der Waals surface area contributed by atoms with E-state index in [1.54, 1.807) is 0 Å². The van der Waals surface area contributed by atoms with Gasteiger partial charge in [0.05, 0.1) is 6.04 Å². The van der Waals surface area contributed by atoms with Gasteiger partial charge in [-0.1, -0.05) is 24.3 Å². The Balaban J connectivity index is 1.67. The van der Waals surface area contributed by atoms with Gasteiger partial charge in [0.15, 0.2) is 11.6 Å². The predicted octanol–water partition coefficient (Wildman–Crippen LogP) is 3.82. The van der Waals surface area contributed by atoms with E-state index >= 15 is 0 Å². The number of nitrogens with two attached hydrogens (primary N) is 1. The minimum absolute atomic E-state index is 0.0967. The van der Waals surface area contributed by atoms with Gasteiger partial charge >= 0.3 is 0 Å². The first kappa shape index (κ1) is 17.4. The Morgan fingerprint density at radius 2 is 1.92 bits per heavy atom. The normalized spacial score (nSPS) is 26.3. The number of nitrogens with zero attached hydrogens (tertiary/aromatic N) is 1. The smallest absolute Gasteiger partial charge is 0.168 e. The van der Waals surface area contributed by atoms with Gasteiger partial charge in [0.2, 0.25) is 0 Å². The third-order valence-electron chi connectivity index (χ3n) is 5.53. The van der Waals surface area contributed by atoms with Crippen LogP contribution in [0, 0.1) is 11.6 Å². The van der Waals surface area contributed by atoms with Crippen LogP contribution >= 0.6 is 0 Å². The number of hydrogen-bond acceptors (Lipinski definition) is 3. The van der Waals surface area contributed by atoms with Crippen molar-refractivity contribution in [3.8, 4) is 5.75 Å². The topological polar surface area (TPSA) is 38.5 Å². The first-order valence-electron chi connectivity index (χ1n) is 9.31. The molecule has 2 aliphatic rings. The number of halogens is 2. The van der Waals surface area contributed by atoms with Gasteiger partial charge in [-0.2, -0.15) is 0 Å². The van der Waals surface area contributed by atoms with E-state index in [1.807, 2.05) is 12.1 Å². The molecule has 4 rings (SSSR count). The molecule has 0 spiro atoms. The zero-order valence-corrected chi connectivity index (χ0v) is 14.7. The van der Waals surface area contributed by atoms with Crippen LogP contribution in [0.2, 0.25) is 0 Å². The van der Waals surface area contributed by atoms with Gasteiger partial charge in [0, 0.05) is 18.7 Å². The van der Waals surface area contributed by atoms with Crippen LogP contribution < -0.4 is 10.5 Å². The zero-order valence-electron chi connectivity index (χ0n) is 14.7. The van der Waals surface area contributed by atoms with Crippen molar-refractivity contribution < 1.29 is 13.5 Å². The molecule has 1 saturated heterocycles. The first-order valence-corrected chi connectivity index (χ1v) is 9.31. The highest BCUT2D eigenvalue weighted by molar-refractivity contribution is 5.35. The van der Waals surface area contributed by atoms with Crippen LogP contribution in [0.1, 0.15) is 36.5 Å². The number of ether oxygens (including phenoxy) is 1. The molecular weight excluding hydrogens is 334 g/mol. The Morgan fingerprint density at radius 3 is 2.73 bits per heavy atom. The van der Waals surface area contributed by atoms with Gasteiger partial charge in [-0.3, -0.25) is 4.90 Å². The van der Waals surface area contributed by atoms with Gasteiger partial charge in [0.25, 0.3) is 0 Å². The van der Waals surface area contributed by atoms with E-state index in [1.165, 1.54) is 17.7 Å². The second-order valence-corrected chi connectivity index (χ2v) is 7.32. The van der Waals surface area contributed by atoms with E-state index in [-0.39, 0.29) is 23.9 Å². The summed E-state index contributed by atoms with van der Waals surface area (Å²) in [5, 5.41) is 0. The summed E-state index contributed by atoms with van der Waals surface area (Å²) in [5.74, 6) is -1.17. The Kier molecular flexibility index (Phi) is 4.92. The molecule has 0 amide bonds. The first-order chi connectivity index (χ1) is 12.6. The monoisotopic (exact) mass is 358 g/mol. The maximum absolute atomic E-state index is 14.2. The van der Waals surface area contributed by atoms with Crippen LogP contribution in [-0.4, -0.2) is 30.1 Å². The molecule has 0 saturated carbocycles. The highest BCUT2D eigenvalue weighted by Crippen LogP contribution is 2.38. The summed E-state index contributed by atoms with van der Waals surface area (Å²) in [7, 11) is 0. The van der Waals surface area contributed by atoms with Crippen molar-refractivity contribution in [2.45, 2.75) is 43.9 Å². The lowest BCUT2D eigenvalue weighted by molar-refractivity contribution is 0.0346. The minimum Gasteiger partial charge on any atom is -0.481 e. The zero-order chi connectivity index (χ0) is 18.1. The van der Waals surface area contributed by atoms with Gasteiger partial charge in [-0.25, -0.2) is 8.78 Å². The Bertz CT molecular complexity index is 782. The van der Waals surface area contributed by atoms with E-state index in [2.05, 4.69) is 17.0 Å². The molecule has 26 heavy (non-hydrogen) atoms. The summed E-state index contributed by atoms with van der Waals surface area (Å²) in [4.78, 5) is 2.39. The molecule has 1 heterocycles. The number of piperidine rings is 1. The van der Waals surface area contributed by atoms with Gasteiger partial charge in [-0.15, -0.1) is 0 Å². The molecule has 5 heteroatoms. The molecule has 138 valence electrons. The van der Waals surface area contributed by atoms with Crippen molar-refractivity contribution in [1.82, 2.24) is 4.90 Å². The fourth-order valence-electron chi connectivity index (χ4n) is 4.27. The number of hydrogen-bond donors (Lipinski definition) is 1. The number of fused-ring (bicyclic) bond motifs is 1. The lowest BCUT2D eigenvalue weighted by Crippen LogP contribution is -2.51. The minimum atomic E-state index is -0.665. The number of likely N-dealkylation sites (tertiary alicyclic amines) is 1. The van der Waals surface area contributed by atoms with E-state index in [9.17, 15) is 8.78 Å². The summed E-state index contributed by atoms with van der Waals surface area (Å²) >= 11 is 0. The molecule has 3 nitrogen and oxygen atoms in total. The molecule has 1 aliphatic carbocycles. The van der Waals surface area contributed by atoms with Crippen LogP contribution in [-0.2, 0) is 6.42 Å². The SMILES string of the molecule is N[C@H]1CCCN([C@H]2CCc3ccccc3[C@@H]2Oc2ccc(F)cc2F)C1. The maximum atomic E-state index is 14.2. The van der Waals surface area contributed by atoms with Crippen molar-refractivity contribution in [3.05, 3.63) is 65.2 Å². The average Bonchev–Trinajstić information content (AvgIpc) is 2.64. The van der Waals surface area contributed by atoms with Crippen LogP contribution in [0.3, 0.4) is 0 Å². The molecule has 3 atom stereocenters. The largest absolute Gasteiger partial charge is 0.481 e. The van der Waals surface area contributed by atoms with Crippen molar-refractivity contribution in [2.24, 2.45) is 5.73 Å². The van der Waals surface area contributed by atoms with Crippen LogP contribution in [0.4, 0.5) is 8.78 Å². The van der Waals surface area contributed by atoms with Gasteiger partial charge < -0.3 is 10.5 Å². The number of rotatable bonds is 3. The standard InChI is InChI=1S/C21H24F2N2O/c22-15-8-10-20(18(23)12-15)26-21-17-6-2-1-4-14(17)7-9-19(21)25-11-3-5-16(24)13-25/h1-2,4,6,8,10,12,16,19,21H,3,5,7,9,11,13,24H2/t16-,19-,21-/m0/s1. The molecule has 0 unspecified atom stereocenters. The predicted molar refractivity (Wildman–Crippen MR) is 97.1 cm³/mol. The summed E-state index contributed by atoms with van der Waals surface area (Å²) in [6, 6.07) is 12.0. The Hall–Kier alpha value is -1.98. The highest BCUT2D eigenvalue weighted by Gasteiger charge is 2.37. The summed E-state index contributed by atoms with van der Waals surface area (Å²) in [6.45, 7) is 1.81. The molecule has 0 radical (unpaired) electrons. The van der Waals surface area contributed by atoms with Crippen molar-refractivity contribution >= 4 is 0 Å². The summed E-state index contributed by atoms with van der Waals surface area (Å²) in [5.41, 5.74) is 8.50. The quantitative estimate of drug-likeness (QED) is 0.906. The van der Waals surface area contributed by atoms with E-state index in [0.29, 0.717) is 0 Å². The molecule has 2 N–H and O–H groups in total. The number of benzene rings is 2. The summed E-state index contributed by atoms with van der Waals surface area (Å²) in [6.07, 6.45) is 3.73. The molecule has 0 aromatic heterocycles. The van der Waals surface area contributed by atoms with Gasteiger partial charge in [0.1, 0.15) is 11.9 Å². The van der Waals surface area contributed by atoms with Gasteiger partial charge in [-0.05, 0) is 55.5 Å². The van der Waals surface area contributed by atoms with E-state index in [4.69, 9.17) is 10.5 Å². The molecule has 1 fully saturated rings. The fraction of sp³-hybridized carbons (Fsp3) is 0.429. The third kappa shape index (κ3) is 3.46. The number of aryl methyl sites for hydroxylation is 1. The molecular formula is C21H24F2N2O. The lowest BCUT2D eigenvalue weighted by Gasteiger charge is -2.43. The maximum Gasteiger partial charge on any atom is 0.168 e.